The van der Waals surface area contributed by atoms with Crippen LogP contribution in [0.1, 0.15) is 33.1 Å². The van der Waals surface area contributed by atoms with Crippen LogP contribution >= 0.6 is 0 Å². The summed E-state index contributed by atoms with van der Waals surface area (Å²) < 4.78 is 2.50. The maximum absolute atomic E-state index is 2.59. The van der Waals surface area contributed by atoms with Crippen LogP contribution in [0.5, 0.6) is 0 Å². The second-order valence-electron chi connectivity index (χ2n) is 4.36. The normalized spacial score (nSPS) is 20.1. The Bertz CT molecular complexity index is 133. The van der Waals surface area contributed by atoms with E-state index in [1.807, 2.05) is 19.4 Å². The van der Waals surface area contributed by atoms with Crippen molar-refractivity contribution in [2.24, 2.45) is 5.92 Å². The average Bonchev–Trinajstić information content (AvgIpc) is 2.04. The van der Waals surface area contributed by atoms with Gasteiger partial charge in [0.05, 0.1) is 0 Å². The number of rotatable bonds is 4. The van der Waals surface area contributed by atoms with Crippen molar-refractivity contribution in [3.05, 3.63) is 0 Å². The van der Waals surface area contributed by atoms with Gasteiger partial charge < -0.3 is 0 Å². The van der Waals surface area contributed by atoms with Gasteiger partial charge in [-0.25, -0.2) is 0 Å². The fourth-order valence-electron chi connectivity index (χ4n) is 1.77. The van der Waals surface area contributed by atoms with Crippen molar-refractivity contribution in [2.75, 3.05) is 26.3 Å². The van der Waals surface area contributed by atoms with Crippen molar-refractivity contribution in [3.63, 3.8) is 0 Å². The molecule has 1 aliphatic rings. The van der Waals surface area contributed by atoms with Gasteiger partial charge in [0.25, 0.3) is 0 Å². The summed E-state index contributed by atoms with van der Waals surface area (Å²) in [5, 5.41) is 0. The Morgan fingerprint density at radius 1 is 1.23 bits per heavy atom. The van der Waals surface area contributed by atoms with E-state index in [1.54, 1.807) is 0 Å². The number of nitrogens with zero attached hydrogens (tertiary/aromatic N) is 2. The van der Waals surface area contributed by atoms with Gasteiger partial charge in [0, 0.05) is 0 Å². The summed E-state index contributed by atoms with van der Waals surface area (Å²) in [4.78, 5) is 2.59. The number of hydrogen-bond donors (Lipinski definition) is 0. The zero-order valence-corrected chi connectivity index (χ0v) is 11.5. The molecule has 0 radical (unpaired) electrons. The van der Waals surface area contributed by atoms with E-state index in [0.29, 0.717) is 0 Å². The first kappa shape index (κ1) is 11.7. The predicted molar refractivity (Wildman–Crippen MR) is 51.8 cm³/mol. The van der Waals surface area contributed by atoms with Crippen molar-refractivity contribution in [1.82, 2.24) is 8.43 Å². The van der Waals surface area contributed by atoms with Crippen LogP contribution < -0.4 is 0 Å². The zero-order valence-electron chi connectivity index (χ0n) is 8.80. The van der Waals surface area contributed by atoms with Gasteiger partial charge >= 0.3 is 93.2 Å². The Hall–Kier alpha value is 0.582. The van der Waals surface area contributed by atoms with E-state index in [0.717, 1.165) is 5.92 Å². The van der Waals surface area contributed by atoms with E-state index in [-0.39, 0.29) is 0 Å². The molecule has 1 aliphatic heterocycles. The molecule has 1 rings (SSSR count). The molecule has 13 heavy (non-hydrogen) atoms. The van der Waals surface area contributed by atoms with Crippen molar-refractivity contribution in [3.8, 4) is 0 Å². The molecule has 0 aromatic carbocycles. The van der Waals surface area contributed by atoms with Crippen LogP contribution in [0.2, 0.25) is 0 Å². The topological polar surface area (TPSA) is 6.48 Å². The van der Waals surface area contributed by atoms with Gasteiger partial charge in [0.15, 0.2) is 0 Å². The van der Waals surface area contributed by atoms with E-state index >= 15 is 0 Å². The van der Waals surface area contributed by atoms with Crippen LogP contribution in [0, 0.1) is 5.92 Å². The van der Waals surface area contributed by atoms with E-state index in [9.17, 15) is 0 Å². The first-order valence-corrected chi connectivity index (χ1v) is 6.53. The molecule has 1 fully saturated rings. The molecule has 0 unspecified atom stereocenters. The third kappa shape index (κ3) is 5.12. The molecule has 1 saturated heterocycles. The molecule has 0 atom stereocenters. The molecular formula is C10H21N2Re. The van der Waals surface area contributed by atoms with Crippen LogP contribution in [-0.2, 0) is 19.4 Å². The summed E-state index contributed by atoms with van der Waals surface area (Å²) >= 11 is 1.82. The van der Waals surface area contributed by atoms with Crippen molar-refractivity contribution >= 4 is 0 Å². The summed E-state index contributed by atoms with van der Waals surface area (Å²) in [5.41, 5.74) is 0. The minimum absolute atomic E-state index is 0.801. The minimum atomic E-state index is 0.801. The summed E-state index contributed by atoms with van der Waals surface area (Å²) in [6.45, 7) is 9.65. The van der Waals surface area contributed by atoms with Crippen LogP contribution in [0.25, 0.3) is 0 Å². The zero-order chi connectivity index (χ0) is 9.68. The Kier molecular flexibility index (Phi) is 5.50. The quantitative estimate of drug-likeness (QED) is 0.759. The van der Waals surface area contributed by atoms with E-state index in [1.165, 1.54) is 45.6 Å². The van der Waals surface area contributed by atoms with Crippen LogP contribution in [0.4, 0.5) is 0 Å². The third-order valence-electron chi connectivity index (χ3n) is 2.37. The Morgan fingerprint density at radius 3 is 2.38 bits per heavy atom. The molecule has 0 aromatic heterocycles. The Labute approximate surface area is 93.3 Å². The molecule has 0 spiro atoms. The fourth-order valence-corrected chi connectivity index (χ4v) is 3.31. The standard InChI is InChI=1S/C10H21N2.Re/c1-10(2)8-11-9-12-6-4-3-5-7-12;/h10H,3-9H2,1-2H3;/q-1;+1. The molecule has 0 saturated carbocycles. The predicted octanol–water partition coefficient (Wildman–Crippen LogP) is 1.85. The average molecular weight is 355 g/mol. The van der Waals surface area contributed by atoms with Gasteiger partial charge in [0.1, 0.15) is 0 Å². The van der Waals surface area contributed by atoms with Gasteiger partial charge in [-0.1, -0.05) is 0 Å². The van der Waals surface area contributed by atoms with Crippen LogP contribution in [-0.4, -0.2) is 34.7 Å². The van der Waals surface area contributed by atoms with Gasteiger partial charge in [-0.2, -0.15) is 0 Å². The van der Waals surface area contributed by atoms with Crippen molar-refractivity contribution in [2.45, 2.75) is 33.1 Å². The summed E-state index contributed by atoms with van der Waals surface area (Å²) in [5.74, 6) is 0.801. The second kappa shape index (κ2) is 6.14. The summed E-state index contributed by atoms with van der Waals surface area (Å²) in [6.07, 6.45) is 4.25. The Balaban J connectivity index is 2.14. The van der Waals surface area contributed by atoms with Gasteiger partial charge in [-0.05, 0) is 0 Å². The summed E-state index contributed by atoms with van der Waals surface area (Å²) in [7, 11) is 0. The second-order valence-corrected chi connectivity index (χ2v) is 6.08. The molecule has 78 valence electrons. The SMILES string of the molecule is CC(C)C[N]([Re])CN1CCCCC1. The molecule has 0 bridgehead atoms. The Morgan fingerprint density at radius 2 is 1.85 bits per heavy atom. The molecular weight excluding hydrogens is 334 g/mol. The molecule has 0 amide bonds. The maximum atomic E-state index is 2.59. The monoisotopic (exact) mass is 356 g/mol. The molecule has 0 N–H and O–H groups in total. The fraction of sp³-hybridized carbons (Fsp3) is 1.00. The van der Waals surface area contributed by atoms with Gasteiger partial charge in [-0.15, -0.1) is 0 Å². The van der Waals surface area contributed by atoms with Crippen molar-refractivity contribution < 1.29 is 19.4 Å². The third-order valence-corrected chi connectivity index (χ3v) is 3.25. The van der Waals surface area contributed by atoms with E-state index in [2.05, 4.69) is 22.3 Å². The summed E-state index contributed by atoms with van der Waals surface area (Å²) in [6, 6.07) is 0. The molecule has 3 heteroatoms. The van der Waals surface area contributed by atoms with Crippen molar-refractivity contribution in [1.29, 1.82) is 0 Å². The van der Waals surface area contributed by atoms with E-state index in [4.69, 9.17) is 0 Å². The molecule has 0 aliphatic carbocycles. The van der Waals surface area contributed by atoms with Gasteiger partial charge in [-0.3, -0.25) is 0 Å². The first-order valence-electron chi connectivity index (χ1n) is 5.31. The first-order chi connectivity index (χ1) is 6.18. The number of hydrogen-bond acceptors (Lipinski definition) is 2. The molecule has 0 aromatic rings. The molecule has 2 nitrogen and oxygen atoms in total. The van der Waals surface area contributed by atoms with Crippen LogP contribution in [0.3, 0.4) is 0 Å². The van der Waals surface area contributed by atoms with Crippen LogP contribution in [0.15, 0.2) is 0 Å². The number of likely N-dealkylation sites (tertiary alicyclic amines) is 1. The molecule has 1 heterocycles. The van der Waals surface area contributed by atoms with E-state index < -0.39 is 0 Å². The number of piperidine rings is 1. The van der Waals surface area contributed by atoms with Gasteiger partial charge in [0.2, 0.25) is 0 Å².